The molecule has 0 aliphatic carbocycles. The lowest BCUT2D eigenvalue weighted by molar-refractivity contribution is -0.127. The molecule has 19 heavy (non-hydrogen) atoms. The third-order valence-corrected chi connectivity index (χ3v) is 3.14. The second-order valence-corrected chi connectivity index (χ2v) is 5.29. The topological polar surface area (TPSA) is 70.2 Å². The van der Waals surface area contributed by atoms with E-state index in [0.717, 1.165) is 9.26 Å². The van der Waals surface area contributed by atoms with Crippen LogP contribution in [0.3, 0.4) is 0 Å². The van der Waals surface area contributed by atoms with Gasteiger partial charge in [-0.15, -0.1) is 0 Å². The summed E-state index contributed by atoms with van der Waals surface area (Å²) < 4.78 is 1.14. The first kappa shape index (κ1) is 15.7. The maximum Gasteiger partial charge on any atom is 0.242 e. The van der Waals surface area contributed by atoms with Crippen LogP contribution in [0.4, 0.5) is 5.69 Å². The number of carbonyl (C=O) groups is 2. The minimum absolute atomic E-state index is 0.143. The molecular formula is C13H18IN3O2. The van der Waals surface area contributed by atoms with Gasteiger partial charge in [0, 0.05) is 15.8 Å². The minimum Gasteiger partial charge on any atom is -0.376 e. The molecule has 0 radical (unpaired) electrons. The van der Waals surface area contributed by atoms with Crippen molar-refractivity contribution in [1.29, 1.82) is 0 Å². The fourth-order valence-corrected chi connectivity index (χ4v) is 1.80. The average Bonchev–Trinajstić information content (AvgIpc) is 2.38. The van der Waals surface area contributed by atoms with Gasteiger partial charge < -0.3 is 16.0 Å². The van der Waals surface area contributed by atoms with Crippen LogP contribution >= 0.6 is 22.6 Å². The van der Waals surface area contributed by atoms with E-state index in [9.17, 15) is 9.59 Å². The van der Waals surface area contributed by atoms with Crippen LogP contribution in [0.5, 0.6) is 0 Å². The van der Waals surface area contributed by atoms with Crippen molar-refractivity contribution in [2.75, 3.05) is 18.4 Å². The van der Waals surface area contributed by atoms with E-state index in [1.807, 2.05) is 31.2 Å². The highest BCUT2D eigenvalue weighted by atomic mass is 127. The lowest BCUT2D eigenvalue weighted by Crippen LogP contribution is -2.46. The van der Waals surface area contributed by atoms with Crippen LogP contribution in [-0.4, -0.2) is 30.9 Å². The standard InChI is InChI=1S/C13H18IN3O2/c1-3-15-13(19)9(2)17-12(18)8-16-11-6-4-10(14)5-7-11/h4-7,9,16H,3,8H2,1-2H3,(H,15,19)(H,17,18)/t9-/m1/s1. The molecule has 0 saturated heterocycles. The molecule has 1 atom stereocenters. The van der Waals surface area contributed by atoms with Crippen molar-refractivity contribution in [3.63, 3.8) is 0 Å². The highest BCUT2D eigenvalue weighted by Gasteiger charge is 2.13. The Hall–Kier alpha value is -1.31. The second kappa shape index (κ2) is 7.98. The number of nitrogens with one attached hydrogen (secondary N) is 3. The summed E-state index contributed by atoms with van der Waals surface area (Å²) in [4.78, 5) is 23.1. The molecule has 5 nitrogen and oxygen atoms in total. The molecule has 0 saturated carbocycles. The van der Waals surface area contributed by atoms with Gasteiger partial charge in [0.1, 0.15) is 6.04 Å². The Bertz CT molecular complexity index is 434. The lowest BCUT2D eigenvalue weighted by atomic mass is 10.3. The van der Waals surface area contributed by atoms with E-state index >= 15 is 0 Å². The molecule has 0 spiro atoms. The molecule has 1 aromatic carbocycles. The Morgan fingerprint density at radius 2 is 1.89 bits per heavy atom. The highest BCUT2D eigenvalue weighted by molar-refractivity contribution is 14.1. The number of benzene rings is 1. The molecule has 104 valence electrons. The van der Waals surface area contributed by atoms with Crippen LogP contribution in [0.15, 0.2) is 24.3 Å². The van der Waals surface area contributed by atoms with Gasteiger partial charge in [0.15, 0.2) is 0 Å². The number of amides is 2. The summed E-state index contributed by atoms with van der Waals surface area (Å²) in [7, 11) is 0. The molecule has 0 heterocycles. The van der Waals surface area contributed by atoms with Gasteiger partial charge in [0.05, 0.1) is 6.54 Å². The van der Waals surface area contributed by atoms with Crippen LogP contribution in [0.25, 0.3) is 0 Å². The molecule has 1 rings (SSSR count). The summed E-state index contributed by atoms with van der Waals surface area (Å²) in [5, 5.41) is 8.29. The van der Waals surface area contributed by atoms with Crippen LogP contribution in [0.1, 0.15) is 13.8 Å². The van der Waals surface area contributed by atoms with E-state index in [1.54, 1.807) is 6.92 Å². The number of hydrogen-bond donors (Lipinski definition) is 3. The van der Waals surface area contributed by atoms with E-state index < -0.39 is 6.04 Å². The smallest absolute Gasteiger partial charge is 0.242 e. The first-order chi connectivity index (χ1) is 9.02. The first-order valence-electron chi connectivity index (χ1n) is 6.09. The Kier molecular flexibility index (Phi) is 6.61. The summed E-state index contributed by atoms with van der Waals surface area (Å²) in [6.07, 6.45) is 0. The van der Waals surface area contributed by atoms with Crippen molar-refractivity contribution in [3.05, 3.63) is 27.8 Å². The van der Waals surface area contributed by atoms with E-state index in [0.29, 0.717) is 6.54 Å². The fourth-order valence-electron chi connectivity index (χ4n) is 1.44. The first-order valence-corrected chi connectivity index (χ1v) is 7.17. The molecule has 0 bridgehead atoms. The monoisotopic (exact) mass is 375 g/mol. The Morgan fingerprint density at radius 1 is 1.26 bits per heavy atom. The number of halogens is 1. The summed E-state index contributed by atoms with van der Waals surface area (Å²) in [6.45, 7) is 4.20. The molecule has 0 unspecified atom stereocenters. The number of likely N-dealkylation sites (N-methyl/N-ethyl adjacent to an activating group) is 1. The third kappa shape index (κ3) is 5.91. The zero-order chi connectivity index (χ0) is 14.3. The van der Waals surface area contributed by atoms with Crippen LogP contribution in [-0.2, 0) is 9.59 Å². The van der Waals surface area contributed by atoms with E-state index in [2.05, 4.69) is 38.5 Å². The van der Waals surface area contributed by atoms with Gasteiger partial charge in [-0.3, -0.25) is 9.59 Å². The molecule has 3 N–H and O–H groups in total. The van der Waals surface area contributed by atoms with Gasteiger partial charge in [-0.05, 0) is 60.7 Å². The number of hydrogen-bond acceptors (Lipinski definition) is 3. The van der Waals surface area contributed by atoms with Gasteiger partial charge in [-0.2, -0.15) is 0 Å². The molecule has 6 heteroatoms. The molecule has 0 aliphatic rings. The van der Waals surface area contributed by atoms with E-state index in [1.165, 1.54) is 0 Å². The Labute approximate surface area is 126 Å². The predicted molar refractivity (Wildman–Crippen MR) is 83.9 cm³/mol. The summed E-state index contributed by atoms with van der Waals surface area (Å²) in [6, 6.07) is 7.20. The minimum atomic E-state index is -0.522. The van der Waals surface area contributed by atoms with Gasteiger partial charge in [0.25, 0.3) is 0 Å². The molecule has 0 aromatic heterocycles. The van der Waals surface area contributed by atoms with Crippen molar-refractivity contribution < 1.29 is 9.59 Å². The second-order valence-electron chi connectivity index (χ2n) is 4.04. The van der Waals surface area contributed by atoms with E-state index in [4.69, 9.17) is 0 Å². The maximum atomic E-state index is 11.6. The quantitative estimate of drug-likeness (QED) is 0.658. The van der Waals surface area contributed by atoms with Crippen LogP contribution < -0.4 is 16.0 Å². The fraction of sp³-hybridized carbons (Fsp3) is 0.385. The average molecular weight is 375 g/mol. The highest BCUT2D eigenvalue weighted by Crippen LogP contribution is 2.10. The lowest BCUT2D eigenvalue weighted by Gasteiger charge is -2.14. The predicted octanol–water partition coefficient (Wildman–Crippen LogP) is 1.34. The number of carbonyl (C=O) groups excluding carboxylic acids is 2. The van der Waals surface area contributed by atoms with Crippen molar-refractivity contribution >= 4 is 40.1 Å². The van der Waals surface area contributed by atoms with Crippen molar-refractivity contribution in [3.8, 4) is 0 Å². The molecule has 2 amide bonds. The summed E-state index contributed by atoms with van der Waals surface area (Å²) >= 11 is 2.22. The zero-order valence-corrected chi connectivity index (χ0v) is 13.2. The number of anilines is 1. The number of rotatable bonds is 6. The summed E-state index contributed by atoms with van der Waals surface area (Å²) in [5.41, 5.74) is 0.876. The Morgan fingerprint density at radius 3 is 2.47 bits per heavy atom. The van der Waals surface area contributed by atoms with E-state index in [-0.39, 0.29) is 18.4 Å². The van der Waals surface area contributed by atoms with Crippen LogP contribution in [0.2, 0.25) is 0 Å². The zero-order valence-electron chi connectivity index (χ0n) is 11.0. The van der Waals surface area contributed by atoms with Gasteiger partial charge >= 0.3 is 0 Å². The summed E-state index contributed by atoms with van der Waals surface area (Å²) in [5.74, 6) is -0.387. The largest absolute Gasteiger partial charge is 0.376 e. The SMILES string of the molecule is CCNC(=O)[C@@H](C)NC(=O)CNc1ccc(I)cc1. The van der Waals surface area contributed by atoms with Crippen molar-refractivity contribution in [1.82, 2.24) is 10.6 Å². The van der Waals surface area contributed by atoms with Crippen LogP contribution in [0, 0.1) is 3.57 Å². The van der Waals surface area contributed by atoms with Crippen molar-refractivity contribution in [2.24, 2.45) is 0 Å². The molecule has 1 aromatic rings. The third-order valence-electron chi connectivity index (χ3n) is 2.42. The van der Waals surface area contributed by atoms with Crippen molar-refractivity contribution in [2.45, 2.75) is 19.9 Å². The molecule has 0 aliphatic heterocycles. The Balaban J connectivity index is 2.35. The maximum absolute atomic E-state index is 11.6. The van der Waals surface area contributed by atoms with Gasteiger partial charge in [0.2, 0.25) is 11.8 Å². The van der Waals surface area contributed by atoms with Gasteiger partial charge in [-0.25, -0.2) is 0 Å². The molecule has 0 fully saturated rings. The normalized spacial score (nSPS) is 11.5. The van der Waals surface area contributed by atoms with Gasteiger partial charge in [-0.1, -0.05) is 0 Å². The molecular weight excluding hydrogens is 357 g/mol.